The molecular formula is C31H37N3O4S. The van der Waals surface area contributed by atoms with Crippen LogP contribution in [0.4, 0.5) is 5.69 Å². The third kappa shape index (κ3) is 7.06. The maximum atomic E-state index is 14.1. The minimum atomic E-state index is -4.05. The van der Waals surface area contributed by atoms with Gasteiger partial charge in [-0.3, -0.25) is 13.9 Å². The van der Waals surface area contributed by atoms with Gasteiger partial charge in [0.25, 0.3) is 10.0 Å². The van der Waals surface area contributed by atoms with Crippen LogP contribution in [0.5, 0.6) is 0 Å². The lowest BCUT2D eigenvalue weighted by Gasteiger charge is -2.33. The maximum Gasteiger partial charge on any atom is 0.264 e. The molecule has 3 aromatic carbocycles. The van der Waals surface area contributed by atoms with E-state index in [2.05, 4.69) is 5.32 Å². The number of nitrogens with one attached hydrogen (secondary N) is 1. The molecule has 206 valence electrons. The van der Waals surface area contributed by atoms with Crippen LogP contribution in [0.2, 0.25) is 0 Å². The van der Waals surface area contributed by atoms with Crippen LogP contribution in [0.1, 0.15) is 50.2 Å². The second-order valence-electron chi connectivity index (χ2n) is 10.1. The molecule has 1 N–H and O–H groups in total. The molecule has 0 spiro atoms. The second kappa shape index (κ2) is 12.9. The number of para-hydroxylation sites is 1. The standard InChI is InChI=1S/C31H37N3O4S/c1-3-29(31(36)32-26-15-10-11-16-26)33(22-25-14-12-13-24(2)21-25)30(35)23-34(27-17-6-4-7-18-27)39(37,38)28-19-8-5-9-20-28/h4-9,12-14,17-21,26,29H,3,10-11,15-16,22-23H2,1-2H3,(H,32,36). The van der Waals surface area contributed by atoms with Gasteiger partial charge in [0, 0.05) is 12.6 Å². The smallest absolute Gasteiger partial charge is 0.264 e. The first kappa shape index (κ1) is 28.4. The summed E-state index contributed by atoms with van der Waals surface area (Å²) in [6.07, 6.45) is 4.44. The Balaban J connectivity index is 1.69. The highest BCUT2D eigenvalue weighted by Gasteiger charge is 2.34. The van der Waals surface area contributed by atoms with Crippen molar-refractivity contribution in [1.82, 2.24) is 10.2 Å². The summed E-state index contributed by atoms with van der Waals surface area (Å²) in [5.41, 5.74) is 2.31. The number of anilines is 1. The molecule has 0 aromatic heterocycles. The zero-order chi connectivity index (χ0) is 27.8. The fraction of sp³-hybridized carbons (Fsp3) is 0.355. The van der Waals surface area contributed by atoms with Crippen LogP contribution >= 0.6 is 0 Å². The number of benzene rings is 3. The van der Waals surface area contributed by atoms with Crippen molar-refractivity contribution in [1.29, 1.82) is 0 Å². The molecule has 0 bridgehead atoms. The molecule has 0 saturated heterocycles. The van der Waals surface area contributed by atoms with E-state index in [1.165, 1.54) is 17.0 Å². The number of sulfonamides is 1. The third-order valence-electron chi connectivity index (χ3n) is 7.18. The molecule has 0 aliphatic heterocycles. The van der Waals surface area contributed by atoms with Crippen molar-refractivity contribution in [2.24, 2.45) is 0 Å². The Hall–Kier alpha value is -3.65. The molecule has 0 heterocycles. The molecule has 3 aromatic rings. The predicted molar refractivity (Wildman–Crippen MR) is 154 cm³/mol. The number of amides is 2. The van der Waals surface area contributed by atoms with E-state index in [4.69, 9.17) is 0 Å². The number of hydrogen-bond donors (Lipinski definition) is 1. The highest BCUT2D eigenvalue weighted by molar-refractivity contribution is 7.92. The van der Waals surface area contributed by atoms with Crippen molar-refractivity contribution in [2.75, 3.05) is 10.8 Å². The summed E-state index contributed by atoms with van der Waals surface area (Å²) in [7, 11) is -4.05. The molecule has 39 heavy (non-hydrogen) atoms. The Labute approximate surface area is 231 Å². The highest BCUT2D eigenvalue weighted by Crippen LogP contribution is 2.25. The molecule has 1 saturated carbocycles. The van der Waals surface area contributed by atoms with Gasteiger partial charge in [0.15, 0.2) is 0 Å². The molecule has 1 atom stereocenters. The van der Waals surface area contributed by atoms with Gasteiger partial charge in [0.1, 0.15) is 12.6 Å². The molecule has 4 rings (SSSR count). The number of hydrogen-bond acceptors (Lipinski definition) is 4. The predicted octanol–water partition coefficient (Wildman–Crippen LogP) is 5.06. The largest absolute Gasteiger partial charge is 0.352 e. The lowest BCUT2D eigenvalue weighted by molar-refractivity contribution is -0.140. The normalized spacial score (nSPS) is 14.5. The summed E-state index contributed by atoms with van der Waals surface area (Å²) in [5, 5.41) is 3.14. The van der Waals surface area contributed by atoms with Gasteiger partial charge < -0.3 is 10.2 Å². The van der Waals surface area contributed by atoms with Gasteiger partial charge in [0.05, 0.1) is 10.6 Å². The second-order valence-corrected chi connectivity index (χ2v) is 11.9. The summed E-state index contributed by atoms with van der Waals surface area (Å²) in [4.78, 5) is 29.2. The molecule has 7 nitrogen and oxygen atoms in total. The van der Waals surface area contributed by atoms with Crippen molar-refractivity contribution in [3.8, 4) is 0 Å². The number of carbonyl (C=O) groups is 2. The van der Waals surface area contributed by atoms with Gasteiger partial charge in [-0.25, -0.2) is 8.42 Å². The summed E-state index contributed by atoms with van der Waals surface area (Å²) in [6, 6.07) is 23.9. The van der Waals surface area contributed by atoms with E-state index in [9.17, 15) is 18.0 Å². The van der Waals surface area contributed by atoms with Gasteiger partial charge in [-0.2, -0.15) is 0 Å². The van der Waals surface area contributed by atoms with E-state index in [-0.39, 0.29) is 23.4 Å². The summed E-state index contributed by atoms with van der Waals surface area (Å²) >= 11 is 0. The zero-order valence-electron chi connectivity index (χ0n) is 22.6. The van der Waals surface area contributed by atoms with Crippen molar-refractivity contribution in [3.63, 3.8) is 0 Å². The quantitative estimate of drug-likeness (QED) is 0.364. The molecule has 0 radical (unpaired) electrons. The Bertz CT molecular complexity index is 1360. The first-order valence-electron chi connectivity index (χ1n) is 13.6. The summed E-state index contributed by atoms with van der Waals surface area (Å²) in [5.74, 6) is -0.629. The van der Waals surface area contributed by atoms with Crippen molar-refractivity contribution in [2.45, 2.75) is 69.5 Å². The van der Waals surface area contributed by atoms with Crippen LogP contribution in [0.25, 0.3) is 0 Å². The van der Waals surface area contributed by atoms with E-state index in [0.29, 0.717) is 12.1 Å². The summed E-state index contributed by atoms with van der Waals surface area (Å²) in [6.45, 7) is 3.62. The van der Waals surface area contributed by atoms with Gasteiger partial charge in [-0.05, 0) is 56.0 Å². The molecule has 1 aliphatic rings. The SMILES string of the molecule is CCC(C(=O)NC1CCCC1)N(Cc1cccc(C)c1)C(=O)CN(c1ccccc1)S(=O)(=O)c1ccccc1. The van der Waals surface area contributed by atoms with Crippen LogP contribution in [0.3, 0.4) is 0 Å². The molecular weight excluding hydrogens is 510 g/mol. The van der Waals surface area contributed by atoms with Crippen molar-refractivity contribution in [3.05, 3.63) is 96.1 Å². The molecule has 1 aliphatic carbocycles. The lowest BCUT2D eigenvalue weighted by atomic mass is 10.1. The third-order valence-corrected chi connectivity index (χ3v) is 8.97. The first-order chi connectivity index (χ1) is 18.8. The maximum absolute atomic E-state index is 14.1. The number of nitrogens with zero attached hydrogens (tertiary/aromatic N) is 2. The van der Waals surface area contributed by atoms with Crippen LogP contribution in [0, 0.1) is 6.92 Å². The Morgan fingerprint density at radius 1 is 0.923 bits per heavy atom. The van der Waals surface area contributed by atoms with E-state index in [0.717, 1.165) is 41.1 Å². The number of aryl methyl sites for hydroxylation is 1. The fourth-order valence-electron chi connectivity index (χ4n) is 5.14. The average Bonchev–Trinajstić information content (AvgIpc) is 3.45. The van der Waals surface area contributed by atoms with E-state index >= 15 is 0 Å². The van der Waals surface area contributed by atoms with E-state index < -0.39 is 28.5 Å². The van der Waals surface area contributed by atoms with E-state index in [1.807, 2.05) is 38.1 Å². The average molecular weight is 548 g/mol. The van der Waals surface area contributed by atoms with Gasteiger partial charge in [-0.15, -0.1) is 0 Å². The molecule has 1 unspecified atom stereocenters. The van der Waals surface area contributed by atoms with E-state index in [1.54, 1.807) is 48.5 Å². The van der Waals surface area contributed by atoms with Gasteiger partial charge in [-0.1, -0.05) is 86.0 Å². The van der Waals surface area contributed by atoms with Gasteiger partial charge in [0.2, 0.25) is 11.8 Å². The summed E-state index contributed by atoms with van der Waals surface area (Å²) < 4.78 is 28.7. The van der Waals surface area contributed by atoms with Crippen LogP contribution < -0.4 is 9.62 Å². The number of rotatable bonds is 11. The van der Waals surface area contributed by atoms with Crippen LogP contribution in [0.15, 0.2) is 89.8 Å². The molecule has 2 amide bonds. The molecule has 1 fully saturated rings. The zero-order valence-corrected chi connectivity index (χ0v) is 23.4. The monoisotopic (exact) mass is 547 g/mol. The van der Waals surface area contributed by atoms with Crippen molar-refractivity contribution < 1.29 is 18.0 Å². The minimum Gasteiger partial charge on any atom is -0.352 e. The van der Waals surface area contributed by atoms with Crippen LogP contribution in [-0.4, -0.2) is 43.8 Å². The lowest BCUT2D eigenvalue weighted by Crippen LogP contribution is -2.53. The van der Waals surface area contributed by atoms with Crippen molar-refractivity contribution >= 4 is 27.5 Å². The first-order valence-corrected chi connectivity index (χ1v) is 15.0. The Kier molecular flexibility index (Phi) is 9.41. The van der Waals surface area contributed by atoms with Gasteiger partial charge >= 0.3 is 0 Å². The fourth-order valence-corrected chi connectivity index (χ4v) is 6.57. The van der Waals surface area contributed by atoms with Crippen LogP contribution in [-0.2, 0) is 26.2 Å². The minimum absolute atomic E-state index is 0.0953. The topological polar surface area (TPSA) is 86.8 Å². The Morgan fingerprint density at radius 3 is 2.18 bits per heavy atom. The Morgan fingerprint density at radius 2 is 1.56 bits per heavy atom. The highest BCUT2D eigenvalue weighted by atomic mass is 32.2. The molecule has 8 heteroatoms. The number of carbonyl (C=O) groups excluding carboxylic acids is 2.